The number of methoxy groups -OCH3 is 1. The van der Waals surface area contributed by atoms with Crippen molar-refractivity contribution < 1.29 is 18.7 Å². The summed E-state index contributed by atoms with van der Waals surface area (Å²) >= 11 is 0. The minimum atomic E-state index is -0.550. The van der Waals surface area contributed by atoms with Crippen LogP contribution in [0.5, 0.6) is 0 Å². The van der Waals surface area contributed by atoms with Crippen LogP contribution >= 0.6 is 0 Å². The lowest BCUT2D eigenvalue weighted by Gasteiger charge is -1.99. The number of pyridine rings is 1. The molecule has 8 nitrogen and oxygen atoms in total. The molecule has 1 amide bonds. The van der Waals surface area contributed by atoms with Crippen molar-refractivity contribution in [3.05, 3.63) is 59.7 Å². The van der Waals surface area contributed by atoms with Crippen LogP contribution in [0.25, 0.3) is 5.65 Å². The summed E-state index contributed by atoms with van der Waals surface area (Å²) in [6, 6.07) is 8.88. The summed E-state index contributed by atoms with van der Waals surface area (Å²) in [5.74, 6) is -1.33. The van der Waals surface area contributed by atoms with Crippen LogP contribution in [-0.4, -0.2) is 28.4 Å². The number of primary amides is 1. The summed E-state index contributed by atoms with van der Waals surface area (Å²) in [5.41, 5.74) is 6.70. The fourth-order valence-corrected chi connectivity index (χ4v) is 2.29. The number of rotatable bonds is 5. The summed E-state index contributed by atoms with van der Waals surface area (Å²) in [6.07, 6.45) is 1.07. The first-order valence-corrected chi connectivity index (χ1v) is 7.53. The van der Waals surface area contributed by atoms with Gasteiger partial charge in [0.1, 0.15) is 11.5 Å². The molecule has 9 heteroatoms. The van der Waals surface area contributed by atoms with Crippen LogP contribution in [0, 0.1) is 5.82 Å². The van der Waals surface area contributed by atoms with Gasteiger partial charge in [-0.05, 0) is 36.4 Å². The van der Waals surface area contributed by atoms with E-state index in [1.54, 1.807) is 12.1 Å². The summed E-state index contributed by atoms with van der Waals surface area (Å²) < 4.78 is 19.6. The molecule has 0 unspecified atom stereocenters. The molecule has 0 saturated heterocycles. The smallest absolute Gasteiger partial charge is 0.311 e. The quantitative estimate of drug-likeness (QED) is 0.560. The lowest BCUT2D eigenvalue weighted by molar-refractivity contribution is -0.139. The molecule has 0 saturated carbocycles. The molecule has 0 bridgehead atoms. The number of imidazole rings is 1. The first kappa shape index (κ1) is 17.2. The van der Waals surface area contributed by atoms with E-state index in [1.807, 2.05) is 0 Å². The summed E-state index contributed by atoms with van der Waals surface area (Å²) in [6.45, 7) is 0. The van der Waals surface area contributed by atoms with E-state index in [0.29, 0.717) is 22.6 Å². The maximum absolute atomic E-state index is 13.6. The zero-order chi connectivity index (χ0) is 18.7. The van der Waals surface area contributed by atoms with Crippen molar-refractivity contribution in [2.45, 2.75) is 6.42 Å². The number of nitrogens with two attached hydrogens (primary N) is 1. The largest absolute Gasteiger partial charge is 0.469 e. The first-order chi connectivity index (χ1) is 12.5. The minimum absolute atomic E-state index is 0.130. The Balaban J connectivity index is 2.01. The third-order valence-electron chi connectivity index (χ3n) is 3.58. The van der Waals surface area contributed by atoms with Crippen LogP contribution in [0.15, 0.2) is 52.8 Å². The Morgan fingerprint density at radius 1 is 1.19 bits per heavy atom. The monoisotopic (exact) mass is 355 g/mol. The SMILES string of the molecule is COC(=O)Cc1nc2ccc(F)cn2c1N=Nc1ccc(C(N)=O)cc1. The number of azo groups is 1. The third-order valence-corrected chi connectivity index (χ3v) is 3.58. The number of aromatic nitrogens is 2. The average molecular weight is 355 g/mol. The molecule has 0 atom stereocenters. The molecule has 2 heterocycles. The molecule has 3 rings (SSSR count). The van der Waals surface area contributed by atoms with Gasteiger partial charge in [0.2, 0.25) is 5.91 Å². The number of amides is 1. The number of carbonyl (C=O) groups is 2. The molecule has 132 valence electrons. The van der Waals surface area contributed by atoms with Gasteiger partial charge in [-0.3, -0.25) is 14.0 Å². The van der Waals surface area contributed by atoms with Crippen molar-refractivity contribution >= 4 is 29.0 Å². The molecule has 0 fully saturated rings. The van der Waals surface area contributed by atoms with Crippen molar-refractivity contribution in [2.24, 2.45) is 16.0 Å². The molecule has 2 aromatic heterocycles. The van der Waals surface area contributed by atoms with Crippen molar-refractivity contribution in [2.75, 3.05) is 7.11 Å². The van der Waals surface area contributed by atoms with E-state index in [2.05, 4.69) is 19.9 Å². The Kier molecular flexibility index (Phi) is 4.70. The zero-order valence-corrected chi connectivity index (χ0v) is 13.7. The predicted molar refractivity (Wildman–Crippen MR) is 90.0 cm³/mol. The lowest BCUT2D eigenvalue weighted by Crippen LogP contribution is -2.10. The fraction of sp³-hybridized carbons (Fsp3) is 0.118. The van der Waals surface area contributed by atoms with Crippen molar-refractivity contribution in [3.63, 3.8) is 0 Å². The predicted octanol–water partition coefficient (Wildman–Crippen LogP) is 2.70. The molecule has 26 heavy (non-hydrogen) atoms. The maximum Gasteiger partial charge on any atom is 0.311 e. The lowest BCUT2D eigenvalue weighted by atomic mass is 10.2. The van der Waals surface area contributed by atoms with E-state index >= 15 is 0 Å². The number of benzene rings is 1. The van der Waals surface area contributed by atoms with E-state index in [-0.39, 0.29) is 12.2 Å². The van der Waals surface area contributed by atoms with Gasteiger partial charge in [0.25, 0.3) is 0 Å². The van der Waals surface area contributed by atoms with Gasteiger partial charge < -0.3 is 10.5 Å². The molecule has 0 aliphatic rings. The van der Waals surface area contributed by atoms with Gasteiger partial charge in [-0.15, -0.1) is 10.2 Å². The van der Waals surface area contributed by atoms with Crippen LogP contribution < -0.4 is 5.73 Å². The minimum Gasteiger partial charge on any atom is -0.469 e. The summed E-state index contributed by atoms with van der Waals surface area (Å²) in [4.78, 5) is 27.0. The average Bonchev–Trinajstić information content (AvgIpc) is 2.96. The van der Waals surface area contributed by atoms with Gasteiger partial charge in [0, 0.05) is 11.8 Å². The van der Waals surface area contributed by atoms with E-state index in [9.17, 15) is 14.0 Å². The maximum atomic E-state index is 13.6. The first-order valence-electron chi connectivity index (χ1n) is 7.53. The second-order valence-electron chi connectivity index (χ2n) is 5.32. The number of esters is 1. The molecule has 1 aromatic carbocycles. The molecule has 0 spiro atoms. The number of carbonyl (C=O) groups excluding carboxylic acids is 2. The molecule has 3 aromatic rings. The highest BCUT2D eigenvalue weighted by atomic mass is 19.1. The van der Waals surface area contributed by atoms with E-state index < -0.39 is 17.7 Å². The van der Waals surface area contributed by atoms with Gasteiger partial charge in [0.15, 0.2) is 5.82 Å². The number of halogens is 1. The highest BCUT2D eigenvalue weighted by molar-refractivity contribution is 5.93. The number of hydrogen-bond acceptors (Lipinski definition) is 6. The Morgan fingerprint density at radius 3 is 2.58 bits per heavy atom. The van der Waals surface area contributed by atoms with Crippen LogP contribution in [0.4, 0.5) is 15.9 Å². The van der Waals surface area contributed by atoms with Gasteiger partial charge >= 0.3 is 5.97 Å². The fourth-order valence-electron chi connectivity index (χ4n) is 2.29. The molecule has 2 N–H and O–H groups in total. The summed E-state index contributed by atoms with van der Waals surface area (Å²) in [5, 5.41) is 8.16. The molecule has 0 aliphatic heterocycles. The summed E-state index contributed by atoms with van der Waals surface area (Å²) in [7, 11) is 1.26. The number of fused-ring (bicyclic) bond motifs is 1. The van der Waals surface area contributed by atoms with Crippen LogP contribution in [0.1, 0.15) is 16.1 Å². The Hall–Kier alpha value is -3.62. The normalized spacial score (nSPS) is 11.2. The van der Waals surface area contributed by atoms with Crippen molar-refractivity contribution in [1.29, 1.82) is 0 Å². The Morgan fingerprint density at radius 2 is 1.92 bits per heavy atom. The zero-order valence-electron chi connectivity index (χ0n) is 13.7. The highest BCUT2D eigenvalue weighted by Gasteiger charge is 2.16. The second-order valence-corrected chi connectivity index (χ2v) is 5.32. The third kappa shape index (κ3) is 3.56. The van der Waals surface area contributed by atoms with Crippen molar-refractivity contribution in [1.82, 2.24) is 9.38 Å². The van der Waals surface area contributed by atoms with Crippen LogP contribution in [0.3, 0.4) is 0 Å². The van der Waals surface area contributed by atoms with Gasteiger partial charge in [0.05, 0.1) is 24.9 Å². The van der Waals surface area contributed by atoms with Crippen LogP contribution in [0.2, 0.25) is 0 Å². The van der Waals surface area contributed by atoms with Gasteiger partial charge in [-0.2, -0.15) is 0 Å². The van der Waals surface area contributed by atoms with Crippen LogP contribution in [-0.2, 0) is 16.0 Å². The van der Waals surface area contributed by atoms with Crippen molar-refractivity contribution in [3.8, 4) is 0 Å². The number of ether oxygens (including phenoxy) is 1. The number of nitrogens with zero attached hydrogens (tertiary/aromatic N) is 4. The number of hydrogen-bond donors (Lipinski definition) is 1. The van der Waals surface area contributed by atoms with E-state index in [0.717, 1.165) is 0 Å². The van der Waals surface area contributed by atoms with E-state index in [4.69, 9.17) is 5.73 Å². The molecule has 0 aliphatic carbocycles. The second kappa shape index (κ2) is 7.09. The highest BCUT2D eigenvalue weighted by Crippen LogP contribution is 2.25. The van der Waals surface area contributed by atoms with Gasteiger partial charge in [-0.1, -0.05) is 0 Å². The molecular weight excluding hydrogens is 341 g/mol. The Bertz CT molecular complexity index is 1010. The standard InChI is InChI=1S/C17H14FN5O3/c1-26-15(24)8-13-17(23-9-11(18)4-7-14(23)20-13)22-21-12-5-2-10(3-6-12)16(19)25/h2-7,9H,8H2,1H3,(H2,19,25). The van der Waals surface area contributed by atoms with Gasteiger partial charge in [-0.25, -0.2) is 9.37 Å². The van der Waals surface area contributed by atoms with E-state index in [1.165, 1.54) is 42.0 Å². The molecular formula is C17H14FN5O3. The Labute approximate surface area is 147 Å². The molecule has 0 radical (unpaired) electrons. The topological polar surface area (TPSA) is 111 Å².